The van der Waals surface area contributed by atoms with E-state index < -0.39 is 22.3 Å². The number of carbonyl (C=O) groups is 1. The van der Waals surface area contributed by atoms with Crippen LogP contribution >= 0.6 is 27.5 Å². The van der Waals surface area contributed by atoms with Crippen LogP contribution in [0.4, 0.5) is 15.8 Å². The van der Waals surface area contributed by atoms with Gasteiger partial charge in [-0.15, -0.1) is 0 Å². The van der Waals surface area contributed by atoms with Crippen LogP contribution in [-0.4, -0.2) is 10.8 Å². The van der Waals surface area contributed by atoms with Crippen LogP contribution in [0.2, 0.25) is 5.02 Å². The van der Waals surface area contributed by atoms with Crippen molar-refractivity contribution in [3.63, 3.8) is 0 Å². The molecule has 8 heteroatoms. The maximum absolute atomic E-state index is 13.6. The Morgan fingerprint density at radius 3 is 2.67 bits per heavy atom. The molecule has 0 aliphatic carbocycles. The molecule has 108 valence electrons. The van der Waals surface area contributed by atoms with E-state index in [4.69, 9.17) is 11.6 Å². The van der Waals surface area contributed by atoms with Crippen LogP contribution in [0.5, 0.6) is 0 Å². The molecule has 1 N–H and O–H groups in total. The number of benzene rings is 2. The predicted octanol–water partition coefficient (Wildman–Crippen LogP) is 4.40. The largest absolute Gasteiger partial charge is 0.319 e. The highest BCUT2D eigenvalue weighted by molar-refractivity contribution is 9.10. The van der Waals surface area contributed by atoms with Crippen LogP contribution in [0, 0.1) is 15.9 Å². The summed E-state index contributed by atoms with van der Waals surface area (Å²) in [6.45, 7) is 0. The standard InChI is InChI=1S/C13H7BrClFN2O3/c14-8-2-1-3-10(16)12(8)17-13(19)7-4-5-9(15)11(6-7)18(20)21/h1-6H,(H,17,19). The molecule has 0 aliphatic rings. The summed E-state index contributed by atoms with van der Waals surface area (Å²) in [5, 5.41) is 13.1. The van der Waals surface area contributed by atoms with E-state index >= 15 is 0 Å². The molecule has 0 atom stereocenters. The van der Waals surface area contributed by atoms with Gasteiger partial charge in [-0.2, -0.15) is 0 Å². The zero-order valence-electron chi connectivity index (χ0n) is 10.3. The lowest BCUT2D eigenvalue weighted by Gasteiger charge is -2.08. The number of nitrogens with one attached hydrogen (secondary N) is 1. The first-order chi connectivity index (χ1) is 9.90. The SMILES string of the molecule is O=C(Nc1c(F)cccc1Br)c1ccc(Cl)c([N+](=O)[O-])c1. The summed E-state index contributed by atoms with van der Waals surface area (Å²) >= 11 is 8.78. The van der Waals surface area contributed by atoms with E-state index in [1.54, 1.807) is 6.07 Å². The van der Waals surface area contributed by atoms with Crippen LogP contribution in [0.25, 0.3) is 0 Å². The molecule has 5 nitrogen and oxygen atoms in total. The zero-order chi connectivity index (χ0) is 15.6. The monoisotopic (exact) mass is 372 g/mol. The topological polar surface area (TPSA) is 72.2 Å². The van der Waals surface area contributed by atoms with Gasteiger partial charge in [-0.1, -0.05) is 17.7 Å². The van der Waals surface area contributed by atoms with Gasteiger partial charge in [-0.3, -0.25) is 14.9 Å². The smallest absolute Gasteiger partial charge is 0.288 e. The summed E-state index contributed by atoms with van der Waals surface area (Å²) < 4.78 is 14.0. The first-order valence-corrected chi connectivity index (χ1v) is 6.76. The number of anilines is 1. The number of nitro groups is 1. The average molecular weight is 374 g/mol. The van der Waals surface area contributed by atoms with Crippen molar-refractivity contribution < 1.29 is 14.1 Å². The number of hydrogen-bond donors (Lipinski definition) is 1. The molecule has 0 aliphatic heterocycles. The number of amides is 1. The summed E-state index contributed by atoms with van der Waals surface area (Å²) in [5.41, 5.74) is -0.432. The van der Waals surface area contributed by atoms with Gasteiger partial charge in [0.05, 0.1) is 10.6 Å². The minimum absolute atomic E-state index is 0.00116. The lowest BCUT2D eigenvalue weighted by atomic mass is 10.2. The Hall–Kier alpha value is -1.99. The summed E-state index contributed by atoms with van der Waals surface area (Å²) in [6, 6.07) is 7.81. The van der Waals surface area contributed by atoms with Crippen LogP contribution < -0.4 is 5.32 Å². The molecule has 0 fully saturated rings. The maximum atomic E-state index is 13.6. The molecule has 2 aromatic rings. The Bertz CT molecular complexity index is 719. The van der Waals surface area contributed by atoms with E-state index in [1.807, 2.05) is 0 Å². The number of hydrogen-bond acceptors (Lipinski definition) is 3. The fraction of sp³-hybridized carbons (Fsp3) is 0. The molecule has 0 spiro atoms. The second-order valence-corrected chi connectivity index (χ2v) is 5.24. The van der Waals surface area contributed by atoms with Crippen molar-refractivity contribution >= 4 is 44.8 Å². The summed E-state index contributed by atoms with van der Waals surface area (Å²) in [6.07, 6.45) is 0. The Labute approximate surface area is 132 Å². The Balaban J connectivity index is 2.33. The predicted molar refractivity (Wildman–Crippen MR) is 80.2 cm³/mol. The third-order valence-electron chi connectivity index (χ3n) is 2.61. The molecule has 0 unspecified atom stereocenters. The molecule has 0 saturated carbocycles. The van der Waals surface area contributed by atoms with E-state index in [2.05, 4.69) is 21.2 Å². The lowest BCUT2D eigenvalue weighted by Crippen LogP contribution is -2.13. The van der Waals surface area contributed by atoms with E-state index in [0.717, 1.165) is 6.07 Å². The first-order valence-electron chi connectivity index (χ1n) is 5.59. The van der Waals surface area contributed by atoms with E-state index in [9.17, 15) is 19.3 Å². The van der Waals surface area contributed by atoms with Gasteiger partial charge < -0.3 is 5.32 Å². The molecule has 2 rings (SSSR count). The highest BCUT2D eigenvalue weighted by atomic mass is 79.9. The van der Waals surface area contributed by atoms with Crippen LogP contribution in [0.15, 0.2) is 40.9 Å². The molecule has 0 radical (unpaired) electrons. The summed E-state index contributed by atoms with van der Waals surface area (Å²) in [5.74, 6) is -1.30. The Kier molecular flexibility index (Phi) is 4.54. The normalized spacial score (nSPS) is 10.2. The molecule has 0 bridgehead atoms. The van der Waals surface area contributed by atoms with E-state index in [-0.39, 0.29) is 16.3 Å². The number of carbonyl (C=O) groups excluding carboxylic acids is 1. The maximum Gasteiger partial charge on any atom is 0.288 e. The fourth-order valence-electron chi connectivity index (χ4n) is 1.60. The third-order valence-corrected chi connectivity index (χ3v) is 3.59. The van der Waals surface area contributed by atoms with Gasteiger partial charge in [0.25, 0.3) is 11.6 Å². The number of nitro benzene ring substituents is 1. The van der Waals surface area contributed by atoms with Crippen molar-refractivity contribution in [2.75, 3.05) is 5.32 Å². The van der Waals surface area contributed by atoms with Gasteiger partial charge in [0, 0.05) is 16.1 Å². The molecule has 2 aromatic carbocycles. The number of para-hydroxylation sites is 1. The minimum Gasteiger partial charge on any atom is -0.319 e. The van der Waals surface area contributed by atoms with Gasteiger partial charge in [0.2, 0.25) is 0 Å². The second-order valence-electron chi connectivity index (χ2n) is 3.97. The summed E-state index contributed by atoms with van der Waals surface area (Å²) in [7, 11) is 0. The molecular weight excluding hydrogens is 367 g/mol. The van der Waals surface area contributed by atoms with Crippen molar-refractivity contribution in [2.45, 2.75) is 0 Å². The molecule has 0 heterocycles. The quantitative estimate of drug-likeness (QED) is 0.640. The minimum atomic E-state index is -0.696. The lowest BCUT2D eigenvalue weighted by molar-refractivity contribution is -0.384. The highest BCUT2D eigenvalue weighted by Gasteiger charge is 2.18. The van der Waals surface area contributed by atoms with E-state index in [1.165, 1.54) is 24.3 Å². The summed E-state index contributed by atoms with van der Waals surface area (Å²) in [4.78, 5) is 22.1. The van der Waals surface area contributed by atoms with Crippen LogP contribution in [0.1, 0.15) is 10.4 Å². The number of rotatable bonds is 3. The van der Waals surface area contributed by atoms with Crippen molar-refractivity contribution in [1.29, 1.82) is 0 Å². The molecule has 21 heavy (non-hydrogen) atoms. The van der Waals surface area contributed by atoms with E-state index in [0.29, 0.717) is 4.47 Å². The van der Waals surface area contributed by atoms with Gasteiger partial charge in [0.15, 0.2) is 0 Å². The number of halogens is 3. The average Bonchev–Trinajstić information content (AvgIpc) is 2.43. The van der Waals surface area contributed by atoms with Crippen LogP contribution in [0.3, 0.4) is 0 Å². The van der Waals surface area contributed by atoms with Gasteiger partial charge >= 0.3 is 0 Å². The third kappa shape index (κ3) is 3.37. The molecule has 0 aromatic heterocycles. The number of nitrogens with zero attached hydrogens (tertiary/aromatic N) is 1. The van der Waals surface area contributed by atoms with Crippen molar-refractivity contribution in [1.82, 2.24) is 0 Å². The van der Waals surface area contributed by atoms with Crippen molar-refractivity contribution in [3.8, 4) is 0 Å². The second kappa shape index (κ2) is 6.19. The Morgan fingerprint density at radius 2 is 2.05 bits per heavy atom. The van der Waals surface area contributed by atoms with Gasteiger partial charge in [0.1, 0.15) is 10.8 Å². The Morgan fingerprint density at radius 1 is 1.33 bits per heavy atom. The fourth-order valence-corrected chi connectivity index (χ4v) is 2.22. The molecule has 0 saturated heterocycles. The van der Waals surface area contributed by atoms with Gasteiger partial charge in [-0.05, 0) is 40.2 Å². The van der Waals surface area contributed by atoms with Crippen molar-refractivity contribution in [3.05, 3.63) is 67.4 Å². The van der Waals surface area contributed by atoms with Crippen LogP contribution in [-0.2, 0) is 0 Å². The molecular formula is C13H7BrClFN2O3. The zero-order valence-corrected chi connectivity index (χ0v) is 12.6. The first kappa shape index (κ1) is 15.4. The van der Waals surface area contributed by atoms with Crippen molar-refractivity contribution in [2.24, 2.45) is 0 Å². The highest BCUT2D eigenvalue weighted by Crippen LogP contribution is 2.28. The van der Waals surface area contributed by atoms with Gasteiger partial charge in [-0.25, -0.2) is 4.39 Å². The molecule has 1 amide bonds.